The van der Waals surface area contributed by atoms with Gasteiger partial charge >= 0.3 is 6.03 Å². The average molecular weight is 269 g/mol. The summed E-state index contributed by atoms with van der Waals surface area (Å²) in [4.78, 5) is 25.3. The summed E-state index contributed by atoms with van der Waals surface area (Å²) in [6.45, 7) is 6.36. The first-order chi connectivity index (χ1) is 9.17. The maximum absolute atomic E-state index is 11.9. The predicted octanol–water partition coefficient (Wildman–Crippen LogP) is 1.88. The number of carbonyl (C=O) groups is 2. The van der Waals surface area contributed by atoms with Gasteiger partial charge in [-0.25, -0.2) is 4.79 Å². The van der Waals surface area contributed by atoms with E-state index in [1.807, 2.05) is 11.8 Å². The molecule has 0 aromatic rings. The SMILES string of the molecule is CCCCC(=O)N1CCC(NC(=O)NCCC)CC1. The molecule has 1 saturated heterocycles. The molecule has 110 valence electrons. The van der Waals surface area contributed by atoms with Crippen LogP contribution < -0.4 is 10.6 Å². The molecule has 0 saturated carbocycles. The molecule has 0 aliphatic carbocycles. The van der Waals surface area contributed by atoms with Gasteiger partial charge in [0.15, 0.2) is 0 Å². The van der Waals surface area contributed by atoms with Gasteiger partial charge in [-0.1, -0.05) is 20.3 Å². The fraction of sp³-hybridized carbons (Fsp3) is 0.857. The molecule has 0 aromatic heterocycles. The fourth-order valence-corrected chi connectivity index (χ4v) is 2.23. The van der Waals surface area contributed by atoms with Gasteiger partial charge in [0, 0.05) is 32.1 Å². The van der Waals surface area contributed by atoms with Crippen LogP contribution in [0.2, 0.25) is 0 Å². The molecule has 1 fully saturated rings. The summed E-state index contributed by atoms with van der Waals surface area (Å²) in [6.07, 6.45) is 5.34. The Labute approximate surface area is 116 Å². The van der Waals surface area contributed by atoms with Crippen molar-refractivity contribution in [1.29, 1.82) is 0 Å². The van der Waals surface area contributed by atoms with E-state index in [1.54, 1.807) is 0 Å². The van der Waals surface area contributed by atoms with Gasteiger partial charge in [0.05, 0.1) is 0 Å². The molecule has 5 nitrogen and oxygen atoms in total. The molecule has 2 N–H and O–H groups in total. The maximum atomic E-state index is 11.9. The molecule has 1 heterocycles. The van der Waals surface area contributed by atoms with E-state index in [1.165, 1.54) is 0 Å². The lowest BCUT2D eigenvalue weighted by molar-refractivity contribution is -0.132. The molecule has 1 aliphatic heterocycles. The maximum Gasteiger partial charge on any atom is 0.315 e. The van der Waals surface area contributed by atoms with Gasteiger partial charge in [0.1, 0.15) is 0 Å². The van der Waals surface area contributed by atoms with E-state index in [0.717, 1.165) is 45.2 Å². The zero-order valence-electron chi connectivity index (χ0n) is 12.2. The molecule has 0 bridgehead atoms. The number of hydrogen-bond donors (Lipinski definition) is 2. The number of piperidine rings is 1. The van der Waals surface area contributed by atoms with Crippen molar-refractivity contribution in [2.75, 3.05) is 19.6 Å². The van der Waals surface area contributed by atoms with Crippen molar-refractivity contribution < 1.29 is 9.59 Å². The van der Waals surface area contributed by atoms with Crippen molar-refractivity contribution in [3.8, 4) is 0 Å². The quantitative estimate of drug-likeness (QED) is 0.773. The highest BCUT2D eigenvalue weighted by Crippen LogP contribution is 2.12. The lowest BCUT2D eigenvalue weighted by Gasteiger charge is -2.32. The Balaban J connectivity index is 2.21. The van der Waals surface area contributed by atoms with Gasteiger partial charge in [-0.2, -0.15) is 0 Å². The summed E-state index contributed by atoms with van der Waals surface area (Å²) in [6, 6.07) is 0.115. The Hall–Kier alpha value is -1.26. The number of carbonyl (C=O) groups excluding carboxylic acids is 2. The summed E-state index contributed by atoms with van der Waals surface area (Å²) >= 11 is 0. The first-order valence-corrected chi connectivity index (χ1v) is 7.49. The van der Waals surface area contributed by atoms with Gasteiger partial charge in [0.2, 0.25) is 5.91 Å². The molecule has 5 heteroatoms. The Morgan fingerprint density at radius 2 is 1.84 bits per heavy atom. The van der Waals surface area contributed by atoms with Crippen molar-refractivity contribution >= 4 is 11.9 Å². The van der Waals surface area contributed by atoms with Crippen LogP contribution in [-0.2, 0) is 4.79 Å². The third-order valence-corrected chi connectivity index (χ3v) is 3.46. The van der Waals surface area contributed by atoms with Crippen LogP contribution in [0.3, 0.4) is 0 Å². The van der Waals surface area contributed by atoms with Gasteiger partial charge in [-0.3, -0.25) is 4.79 Å². The van der Waals surface area contributed by atoms with Gasteiger partial charge in [-0.15, -0.1) is 0 Å². The molecule has 1 aliphatic rings. The minimum atomic E-state index is -0.0855. The van der Waals surface area contributed by atoms with Crippen molar-refractivity contribution in [1.82, 2.24) is 15.5 Å². The summed E-state index contributed by atoms with van der Waals surface area (Å²) < 4.78 is 0. The monoisotopic (exact) mass is 269 g/mol. The van der Waals surface area contributed by atoms with E-state index in [2.05, 4.69) is 17.6 Å². The summed E-state index contributed by atoms with van der Waals surface area (Å²) in [5, 5.41) is 5.78. The first kappa shape index (κ1) is 15.8. The van der Waals surface area contributed by atoms with Gasteiger partial charge in [0.25, 0.3) is 0 Å². The van der Waals surface area contributed by atoms with Crippen LogP contribution in [0.15, 0.2) is 0 Å². The number of amides is 3. The van der Waals surface area contributed by atoms with Crippen LogP contribution in [0.4, 0.5) is 4.79 Å². The normalized spacial score (nSPS) is 16.2. The van der Waals surface area contributed by atoms with E-state index < -0.39 is 0 Å². The summed E-state index contributed by atoms with van der Waals surface area (Å²) in [7, 11) is 0. The number of unbranched alkanes of at least 4 members (excludes halogenated alkanes) is 1. The molecule has 0 spiro atoms. The smallest absolute Gasteiger partial charge is 0.315 e. The highest BCUT2D eigenvalue weighted by molar-refractivity contribution is 5.76. The second-order valence-electron chi connectivity index (χ2n) is 5.16. The second-order valence-corrected chi connectivity index (χ2v) is 5.16. The molecule has 3 amide bonds. The van der Waals surface area contributed by atoms with Crippen molar-refractivity contribution in [2.45, 2.75) is 58.4 Å². The second kappa shape index (κ2) is 8.77. The van der Waals surface area contributed by atoms with Crippen molar-refractivity contribution in [3.05, 3.63) is 0 Å². The molecular formula is C14H27N3O2. The Morgan fingerprint density at radius 3 is 2.42 bits per heavy atom. The van der Waals surface area contributed by atoms with E-state index in [-0.39, 0.29) is 18.0 Å². The predicted molar refractivity (Wildman–Crippen MR) is 76.0 cm³/mol. The van der Waals surface area contributed by atoms with E-state index in [4.69, 9.17) is 0 Å². The highest BCUT2D eigenvalue weighted by atomic mass is 16.2. The van der Waals surface area contributed by atoms with Crippen LogP contribution >= 0.6 is 0 Å². The van der Waals surface area contributed by atoms with Crippen LogP contribution in [0.5, 0.6) is 0 Å². The number of likely N-dealkylation sites (tertiary alicyclic amines) is 1. The van der Waals surface area contributed by atoms with Gasteiger partial charge < -0.3 is 15.5 Å². The third-order valence-electron chi connectivity index (χ3n) is 3.46. The van der Waals surface area contributed by atoms with E-state index >= 15 is 0 Å². The largest absolute Gasteiger partial charge is 0.343 e. The molecule has 1 rings (SSSR count). The number of nitrogens with zero attached hydrogens (tertiary/aromatic N) is 1. The molecule has 0 radical (unpaired) electrons. The Kier molecular flexibility index (Phi) is 7.30. The van der Waals surface area contributed by atoms with E-state index in [0.29, 0.717) is 13.0 Å². The van der Waals surface area contributed by atoms with Crippen LogP contribution in [0, 0.1) is 0 Å². The van der Waals surface area contributed by atoms with Crippen LogP contribution in [-0.4, -0.2) is 42.5 Å². The summed E-state index contributed by atoms with van der Waals surface area (Å²) in [5.74, 6) is 0.260. The Bertz CT molecular complexity index is 286. The lowest BCUT2D eigenvalue weighted by atomic mass is 10.0. The molecule has 0 atom stereocenters. The minimum Gasteiger partial charge on any atom is -0.343 e. The average Bonchev–Trinajstić information content (AvgIpc) is 2.43. The lowest BCUT2D eigenvalue weighted by Crippen LogP contribution is -2.49. The highest BCUT2D eigenvalue weighted by Gasteiger charge is 2.23. The third kappa shape index (κ3) is 5.94. The summed E-state index contributed by atoms with van der Waals surface area (Å²) in [5.41, 5.74) is 0. The van der Waals surface area contributed by atoms with Crippen molar-refractivity contribution in [2.24, 2.45) is 0 Å². The van der Waals surface area contributed by atoms with Gasteiger partial charge in [-0.05, 0) is 25.7 Å². The standard InChI is InChI=1S/C14H27N3O2/c1-3-5-6-13(18)17-10-7-12(8-11-17)16-14(19)15-9-4-2/h12H,3-11H2,1-2H3,(H2,15,16,19). The zero-order chi connectivity index (χ0) is 14.1. The first-order valence-electron chi connectivity index (χ1n) is 7.49. The number of nitrogens with one attached hydrogen (secondary N) is 2. The van der Waals surface area contributed by atoms with Crippen molar-refractivity contribution in [3.63, 3.8) is 0 Å². The van der Waals surface area contributed by atoms with E-state index in [9.17, 15) is 9.59 Å². The fourth-order valence-electron chi connectivity index (χ4n) is 2.23. The van der Waals surface area contributed by atoms with Crippen LogP contribution in [0.1, 0.15) is 52.4 Å². The molecule has 0 aromatic carbocycles. The topological polar surface area (TPSA) is 61.4 Å². The number of rotatable bonds is 6. The molecule has 19 heavy (non-hydrogen) atoms. The zero-order valence-corrected chi connectivity index (χ0v) is 12.2. The van der Waals surface area contributed by atoms with Crippen LogP contribution in [0.25, 0.3) is 0 Å². The molecule has 0 unspecified atom stereocenters. The number of urea groups is 1. The molecular weight excluding hydrogens is 242 g/mol. The minimum absolute atomic E-state index is 0.0855. The number of hydrogen-bond acceptors (Lipinski definition) is 2. The Morgan fingerprint density at radius 1 is 1.16 bits per heavy atom.